The van der Waals surface area contributed by atoms with Gasteiger partial charge in [-0.05, 0) is 51.7 Å². The van der Waals surface area contributed by atoms with E-state index in [1.165, 1.54) is 0 Å². The van der Waals surface area contributed by atoms with Gasteiger partial charge in [-0.25, -0.2) is 4.39 Å². The smallest absolute Gasteiger partial charge is 0.252 e. The van der Waals surface area contributed by atoms with Crippen LogP contribution in [0, 0.1) is 0 Å². The molecule has 0 radical (unpaired) electrons. The van der Waals surface area contributed by atoms with Crippen LogP contribution in [-0.2, 0) is 6.42 Å². The summed E-state index contributed by atoms with van der Waals surface area (Å²) in [6, 6.07) is 5.49. The Morgan fingerprint density at radius 3 is 2.78 bits per heavy atom. The summed E-state index contributed by atoms with van der Waals surface area (Å²) in [5.41, 5.74) is 1.77. The van der Waals surface area contributed by atoms with E-state index in [4.69, 9.17) is 0 Å². The molecular weight excluding hydrogens is 229 g/mol. The monoisotopic (exact) mass is 249 g/mol. The van der Waals surface area contributed by atoms with E-state index in [0.29, 0.717) is 17.5 Å². The highest BCUT2D eigenvalue weighted by Gasteiger charge is 2.26. The number of hydrogen-bond acceptors (Lipinski definition) is 1. The van der Waals surface area contributed by atoms with Crippen molar-refractivity contribution in [1.29, 1.82) is 0 Å². The Balaban J connectivity index is 2.37. The number of carbonyl (C=O) groups is 1. The molecule has 1 aromatic carbocycles. The highest BCUT2D eigenvalue weighted by Crippen LogP contribution is 2.35. The Labute approximate surface area is 108 Å². The van der Waals surface area contributed by atoms with Crippen LogP contribution in [0.3, 0.4) is 0 Å². The predicted octanol–water partition coefficient (Wildman–Crippen LogP) is 3.56. The molecule has 3 heteroatoms. The molecular formula is C15H20FNO. The van der Waals surface area contributed by atoms with Crippen LogP contribution in [0.1, 0.15) is 61.3 Å². The van der Waals surface area contributed by atoms with Crippen LogP contribution >= 0.6 is 0 Å². The predicted molar refractivity (Wildman–Crippen MR) is 70.4 cm³/mol. The maximum atomic E-state index is 14.1. The van der Waals surface area contributed by atoms with E-state index in [0.717, 1.165) is 18.4 Å². The molecule has 18 heavy (non-hydrogen) atoms. The maximum Gasteiger partial charge on any atom is 0.252 e. The fourth-order valence-corrected chi connectivity index (χ4v) is 2.42. The SMILES string of the molecule is CC(C)(C)NC(=O)c1cccc2c1[C@@H](F)CCC2. The van der Waals surface area contributed by atoms with Crippen molar-refractivity contribution >= 4 is 5.91 Å². The standard InChI is InChI=1S/C15H20FNO/c1-15(2,3)17-14(18)11-8-4-6-10-7-5-9-12(16)13(10)11/h4,6,8,12H,5,7,9H2,1-3H3,(H,17,18)/t12-/m0/s1. The van der Waals surface area contributed by atoms with Crippen molar-refractivity contribution in [3.8, 4) is 0 Å². The largest absolute Gasteiger partial charge is 0.347 e. The van der Waals surface area contributed by atoms with Crippen molar-refractivity contribution < 1.29 is 9.18 Å². The molecule has 0 bridgehead atoms. The molecule has 1 amide bonds. The van der Waals surface area contributed by atoms with E-state index in [-0.39, 0.29) is 11.4 Å². The van der Waals surface area contributed by atoms with Crippen molar-refractivity contribution in [3.05, 3.63) is 34.9 Å². The molecule has 0 saturated carbocycles. The number of carbonyl (C=O) groups excluding carboxylic acids is 1. The van der Waals surface area contributed by atoms with Gasteiger partial charge in [-0.15, -0.1) is 0 Å². The summed E-state index contributed by atoms with van der Waals surface area (Å²) in [4.78, 5) is 12.2. The first-order chi connectivity index (χ1) is 8.38. The van der Waals surface area contributed by atoms with Gasteiger partial charge < -0.3 is 5.32 Å². The van der Waals surface area contributed by atoms with E-state index in [1.807, 2.05) is 32.9 Å². The number of benzene rings is 1. The summed E-state index contributed by atoms with van der Waals surface area (Å²) < 4.78 is 14.1. The van der Waals surface area contributed by atoms with Crippen LogP contribution < -0.4 is 5.32 Å². The number of hydrogen-bond donors (Lipinski definition) is 1. The molecule has 0 saturated heterocycles. The van der Waals surface area contributed by atoms with Crippen molar-refractivity contribution in [2.24, 2.45) is 0 Å². The number of nitrogens with one attached hydrogen (secondary N) is 1. The first kappa shape index (κ1) is 13.1. The van der Waals surface area contributed by atoms with Crippen LogP contribution in [0.15, 0.2) is 18.2 Å². The summed E-state index contributed by atoms with van der Waals surface area (Å²) in [5.74, 6) is -0.177. The number of fused-ring (bicyclic) bond motifs is 1. The normalized spacial score (nSPS) is 19.2. The van der Waals surface area contributed by atoms with Crippen LogP contribution in [0.2, 0.25) is 0 Å². The lowest BCUT2D eigenvalue weighted by atomic mass is 9.86. The molecule has 0 aromatic heterocycles. The van der Waals surface area contributed by atoms with Crippen molar-refractivity contribution in [1.82, 2.24) is 5.32 Å². The van der Waals surface area contributed by atoms with E-state index < -0.39 is 6.17 Å². The van der Waals surface area contributed by atoms with Gasteiger partial charge in [0.1, 0.15) is 6.17 Å². The molecule has 1 N–H and O–H groups in total. The van der Waals surface area contributed by atoms with E-state index in [2.05, 4.69) is 5.32 Å². The minimum Gasteiger partial charge on any atom is -0.347 e. The molecule has 1 aliphatic carbocycles. The second kappa shape index (κ2) is 4.71. The zero-order chi connectivity index (χ0) is 13.3. The molecule has 2 nitrogen and oxygen atoms in total. The van der Waals surface area contributed by atoms with Gasteiger partial charge in [0.2, 0.25) is 0 Å². The Morgan fingerprint density at radius 1 is 1.39 bits per heavy atom. The van der Waals surface area contributed by atoms with E-state index in [1.54, 1.807) is 6.07 Å². The molecule has 0 aliphatic heterocycles. The topological polar surface area (TPSA) is 29.1 Å². The van der Waals surface area contributed by atoms with Crippen molar-refractivity contribution in [3.63, 3.8) is 0 Å². The molecule has 1 aromatic rings. The third-order valence-electron chi connectivity index (χ3n) is 3.15. The lowest BCUT2D eigenvalue weighted by Gasteiger charge is -2.25. The molecule has 0 fully saturated rings. The minimum absolute atomic E-state index is 0.177. The summed E-state index contributed by atoms with van der Waals surface area (Å²) in [6.45, 7) is 5.77. The molecule has 1 atom stereocenters. The second-order valence-corrected chi connectivity index (χ2v) is 5.94. The molecule has 0 spiro atoms. The summed E-state index contributed by atoms with van der Waals surface area (Å²) in [6.07, 6.45) is 1.24. The van der Waals surface area contributed by atoms with Crippen LogP contribution in [0.25, 0.3) is 0 Å². The molecule has 0 heterocycles. The van der Waals surface area contributed by atoms with Crippen LogP contribution in [-0.4, -0.2) is 11.4 Å². The molecule has 1 aliphatic rings. The van der Waals surface area contributed by atoms with Gasteiger partial charge in [0.25, 0.3) is 5.91 Å². The third kappa shape index (κ3) is 2.71. The summed E-state index contributed by atoms with van der Waals surface area (Å²) >= 11 is 0. The van der Waals surface area contributed by atoms with Gasteiger partial charge in [0.05, 0.1) is 0 Å². The number of amides is 1. The quantitative estimate of drug-likeness (QED) is 0.810. The molecule has 98 valence electrons. The number of aryl methyl sites for hydroxylation is 1. The number of rotatable bonds is 1. The Morgan fingerprint density at radius 2 is 2.11 bits per heavy atom. The first-order valence-corrected chi connectivity index (χ1v) is 6.47. The highest BCUT2D eigenvalue weighted by atomic mass is 19.1. The van der Waals surface area contributed by atoms with Gasteiger partial charge in [-0.2, -0.15) is 0 Å². The maximum absolute atomic E-state index is 14.1. The average Bonchev–Trinajstić information content (AvgIpc) is 2.26. The van der Waals surface area contributed by atoms with Crippen molar-refractivity contribution in [2.75, 3.05) is 0 Å². The Bertz CT molecular complexity index is 462. The number of alkyl halides is 1. The van der Waals surface area contributed by atoms with Gasteiger partial charge in [-0.1, -0.05) is 12.1 Å². The fraction of sp³-hybridized carbons (Fsp3) is 0.533. The first-order valence-electron chi connectivity index (χ1n) is 6.47. The average molecular weight is 249 g/mol. The van der Waals surface area contributed by atoms with Gasteiger partial charge in [0.15, 0.2) is 0 Å². The molecule has 2 rings (SSSR count). The third-order valence-corrected chi connectivity index (χ3v) is 3.15. The zero-order valence-electron chi connectivity index (χ0n) is 11.2. The van der Waals surface area contributed by atoms with Gasteiger partial charge in [0, 0.05) is 16.7 Å². The lowest BCUT2D eigenvalue weighted by molar-refractivity contribution is 0.0915. The molecule has 0 unspecified atom stereocenters. The van der Waals surface area contributed by atoms with E-state index in [9.17, 15) is 9.18 Å². The highest BCUT2D eigenvalue weighted by molar-refractivity contribution is 5.96. The van der Waals surface area contributed by atoms with E-state index >= 15 is 0 Å². The minimum atomic E-state index is -1.00. The van der Waals surface area contributed by atoms with Crippen LogP contribution in [0.4, 0.5) is 4.39 Å². The van der Waals surface area contributed by atoms with Gasteiger partial charge in [-0.3, -0.25) is 4.79 Å². The van der Waals surface area contributed by atoms with Gasteiger partial charge >= 0.3 is 0 Å². The van der Waals surface area contributed by atoms with Crippen LogP contribution in [0.5, 0.6) is 0 Å². The summed E-state index contributed by atoms with van der Waals surface area (Å²) in [5, 5.41) is 2.90. The Hall–Kier alpha value is -1.38. The summed E-state index contributed by atoms with van der Waals surface area (Å²) in [7, 11) is 0. The van der Waals surface area contributed by atoms with Crippen molar-refractivity contribution in [2.45, 2.75) is 51.7 Å². The number of halogens is 1. The fourth-order valence-electron chi connectivity index (χ4n) is 2.42. The lowest BCUT2D eigenvalue weighted by Crippen LogP contribution is -2.41. The Kier molecular flexibility index (Phi) is 3.42. The second-order valence-electron chi connectivity index (χ2n) is 5.94. The zero-order valence-corrected chi connectivity index (χ0v) is 11.2.